The van der Waals surface area contributed by atoms with E-state index >= 15 is 0 Å². The summed E-state index contributed by atoms with van der Waals surface area (Å²) >= 11 is 0. The molecule has 78 valence electrons. The summed E-state index contributed by atoms with van der Waals surface area (Å²) in [5.74, 6) is 0. The topological polar surface area (TPSA) is 63.8 Å². The van der Waals surface area contributed by atoms with E-state index in [1.165, 1.54) is 6.33 Å². The molecule has 0 aliphatic rings. The van der Waals surface area contributed by atoms with E-state index in [1.807, 2.05) is 20.0 Å². The standard InChI is InChI=1S/C10H12N4O/c1-7-3-9(13-14(7)2)10(15)8-4-11-6-12-5-8/h3-6,10,15H,1-2H3/t10-/m1/s1. The van der Waals surface area contributed by atoms with Crippen molar-refractivity contribution in [3.63, 3.8) is 0 Å². The number of hydrogen-bond donors (Lipinski definition) is 1. The van der Waals surface area contributed by atoms with Crippen LogP contribution in [0, 0.1) is 6.92 Å². The number of rotatable bonds is 2. The van der Waals surface area contributed by atoms with Crippen molar-refractivity contribution < 1.29 is 5.11 Å². The molecule has 5 heteroatoms. The Hall–Kier alpha value is -1.75. The fraction of sp³-hybridized carbons (Fsp3) is 0.300. The molecule has 0 bridgehead atoms. The van der Waals surface area contributed by atoms with Crippen molar-refractivity contribution in [2.24, 2.45) is 7.05 Å². The van der Waals surface area contributed by atoms with Gasteiger partial charge in [0.15, 0.2) is 0 Å². The van der Waals surface area contributed by atoms with E-state index in [0.717, 1.165) is 5.69 Å². The third kappa shape index (κ3) is 1.87. The lowest BCUT2D eigenvalue weighted by molar-refractivity contribution is 0.213. The highest BCUT2D eigenvalue weighted by atomic mass is 16.3. The maximum Gasteiger partial charge on any atom is 0.126 e. The van der Waals surface area contributed by atoms with Crippen molar-refractivity contribution in [3.8, 4) is 0 Å². The maximum absolute atomic E-state index is 9.97. The van der Waals surface area contributed by atoms with Crippen LogP contribution in [0.25, 0.3) is 0 Å². The summed E-state index contributed by atoms with van der Waals surface area (Å²) in [6.45, 7) is 1.94. The second-order valence-electron chi connectivity index (χ2n) is 3.41. The van der Waals surface area contributed by atoms with Gasteiger partial charge in [-0.3, -0.25) is 4.68 Å². The smallest absolute Gasteiger partial charge is 0.126 e. The Morgan fingerprint density at radius 2 is 2.00 bits per heavy atom. The molecule has 0 saturated heterocycles. The molecular weight excluding hydrogens is 192 g/mol. The lowest BCUT2D eigenvalue weighted by atomic mass is 10.1. The molecule has 0 radical (unpaired) electrons. The van der Waals surface area contributed by atoms with E-state index in [-0.39, 0.29) is 0 Å². The lowest BCUT2D eigenvalue weighted by Gasteiger charge is -2.05. The molecule has 0 spiro atoms. The minimum absolute atomic E-state index is 0.616. The van der Waals surface area contributed by atoms with Gasteiger partial charge in [0.2, 0.25) is 0 Å². The van der Waals surface area contributed by atoms with Crippen LogP contribution in [0.5, 0.6) is 0 Å². The van der Waals surface area contributed by atoms with Gasteiger partial charge in [0.25, 0.3) is 0 Å². The van der Waals surface area contributed by atoms with Gasteiger partial charge in [0.05, 0.1) is 5.69 Å². The van der Waals surface area contributed by atoms with Crippen LogP contribution in [0.3, 0.4) is 0 Å². The van der Waals surface area contributed by atoms with Crippen LogP contribution in [0.15, 0.2) is 24.8 Å². The molecular formula is C10H12N4O. The average Bonchev–Trinajstić information content (AvgIpc) is 2.59. The SMILES string of the molecule is Cc1cc([C@H](O)c2cncnc2)nn1C. The van der Waals surface area contributed by atoms with E-state index in [4.69, 9.17) is 0 Å². The van der Waals surface area contributed by atoms with Crippen LogP contribution in [0.1, 0.15) is 23.1 Å². The normalized spacial score (nSPS) is 12.7. The predicted molar refractivity (Wildman–Crippen MR) is 54.0 cm³/mol. The Labute approximate surface area is 87.4 Å². The molecule has 1 atom stereocenters. The number of nitrogens with zero attached hydrogens (tertiary/aromatic N) is 4. The van der Waals surface area contributed by atoms with Crippen LogP contribution in [-0.4, -0.2) is 24.9 Å². The fourth-order valence-electron chi connectivity index (χ4n) is 1.34. The zero-order chi connectivity index (χ0) is 10.8. The van der Waals surface area contributed by atoms with E-state index in [2.05, 4.69) is 15.1 Å². The molecule has 2 aromatic rings. The highest BCUT2D eigenvalue weighted by molar-refractivity contribution is 5.21. The van der Waals surface area contributed by atoms with E-state index in [0.29, 0.717) is 11.3 Å². The summed E-state index contributed by atoms with van der Waals surface area (Å²) in [5, 5.41) is 14.2. The number of aryl methyl sites for hydroxylation is 2. The van der Waals surface area contributed by atoms with Crippen LogP contribution in [0.2, 0.25) is 0 Å². The molecule has 0 aliphatic carbocycles. The fourth-order valence-corrected chi connectivity index (χ4v) is 1.34. The monoisotopic (exact) mass is 204 g/mol. The third-order valence-electron chi connectivity index (χ3n) is 2.31. The van der Waals surface area contributed by atoms with Gasteiger partial charge in [-0.2, -0.15) is 5.10 Å². The number of hydrogen-bond acceptors (Lipinski definition) is 4. The Kier molecular flexibility index (Phi) is 2.47. The summed E-state index contributed by atoms with van der Waals surface area (Å²) in [4.78, 5) is 7.71. The van der Waals surface area contributed by atoms with Crippen molar-refractivity contribution in [1.82, 2.24) is 19.7 Å². The van der Waals surface area contributed by atoms with Crippen LogP contribution in [-0.2, 0) is 7.05 Å². The molecule has 2 heterocycles. The third-order valence-corrected chi connectivity index (χ3v) is 2.31. The number of aromatic nitrogens is 4. The molecule has 2 rings (SSSR count). The zero-order valence-electron chi connectivity index (χ0n) is 8.62. The molecule has 0 aromatic carbocycles. The molecule has 0 saturated carbocycles. The number of aliphatic hydroxyl groups excluding tert-OH is 1. The first-order valence-corrected chi connectivity index (χ1v) is 4.62. The van der Waals surface area contributed by atoms with Crippen molar-refractivity contribution in [2.75, 3.05) is 0 Å². The van der Waals surface area contributed by atoms with Crippen molar-refractivity contribution in [2.45, 2.75) is 13.0 Å². The van der Waals surface area contributed by atoms with Crippen LogP contribution >= 0.6 is 0 Å². The summed E-state index contributed by atoms with van der Waals surface area (Å²) in [6, 6.07) is 1.84. The summed E-state index contributed by atoms with van der Waals surface area (Å²) in [6.07, 6.45) is 3.84. The van der Waals surface area contributed by atoms with E-state index in [1.54, 1.807) is 17.1 Å². The van der Waals surface area contributed by atoms with Crippen LogP contribution < -0.4 is 0 Å². The van der Waals surface area contributed by atoms with Gasteiger partial charge in [-0.1, -0.05) is 0 Å². The Bertz CT molecular complexity index is 432. The first-order chi connectivity index (χ1) is 7.18. The van der Waals surface area contributed by atoms with Gasteiger partial charge >= 0.3 is 0 Å². The first-order valence-electron chi connectivity index (χ1n) is 4.62. The highest BCUT2D eigenvalue weighted by Gasteiger charge is 2.14. The molecule has 0 aliphatic heterocycles. The predicted octanol–water partition coefficient (Wildman–Crippen LogP) is 0.600. The van der Waals surface area contributed by atoms with Crippen molar-refractivity contribution in [1.29, 1.82) is 0 Å². The molecule has 0 fully saturated rings. The Morgan fingerprint density at radius 1 is 1.33 bits per heavy atom. The number of aliphatic hydroxyl groups is 1. The van der Waals surface area contributed by atoms with Gasteiger partial charge in [-0.15, -0.1) is 0 Å². The second kappa shape index (κ2) is 3.78. The second-order valence-corrected chi connectivity index (χ2v) is 3.41. The van der Waals surface area contributed by atoms with Gasteiger partial charge in [-0.25, -0.2) is 9.97 Å². The largest absolute Gasteiger partial charge is 0.382 e. The maximum atomic E-state index is 9.97. The summed E-state index contributed by atoms with van der Waals surface area (Å²) in [7, 11) is 1.84. The Balaban J connectivity index is 2.32. The van der Waals surface area contributed by atoms with Gasteiger partial charge in [0, 0.05) is 30.7 Å². The summed E-state index contributed by atoms with van der Waals surface area (Å²) < 4.78 is 1.72. The quantitative estimate of drug-likeness (QED) is 0.778. The minimum Gasteiger partial charge on any atom is -0.382 e. The minimum atomic E-state index is -0.758. The molecule has 2 aromatic heterocycles. The highest BCUT2D eigenvalue weighted by Crippen LogP contribution is 2.19. The molecule has 5 nitrogen and oxygen atoms in total. The van der Waals surface area contributed by atoms with E-state index in [9.17, 15) is 5.11 Å². The lowest BCUT2D eigenvalue weighted by Crippen LogP contribution is -2.02. The van der Waals surface area contributed by atoms with Crippen molar-refractivity contribution >= 4 is 0 Å². The molecule has 15 heavy (non-hydrogen) atoms. The zero-order valence-corrected chi connectivity index (χ0v) is 8.62. The van der Waals surface area contributed by atoms with E-state index < -0.39 is 6.10 Å². The van der Waals surface area contributed by atoms with Crippen LogP contribution in [0.4, 0.5) is 0 Å². The average molecular weight is 204 g/mol. The molecule has 1 N–H and O–H groups in total. The first kappa shape index (κ1) is 9.79. The molecule has 0 unspecified atom stereocenters. The summed E-state index contributed by atoms with van der Waals surface area (Å²) in [5.41, 5.74) is 2.27. The molecule has 0 amide bonds. The Morgan fingerprint density at radius 3 is 2.53 bits per heavy atom. The van der Waals surface area contributed by atoms with Gasteiger partial charge < -0.3 is 5.11 Å². The van der Waals surface area contributed by atoms with Gasteiger partial charge in [-0.05, 0) is 13.0 Å². The van der Waals surface area contributed by atoms with Gasteiger partial charge in [0.1, 0.15) is 12.4 Å². The van der Waals surface area contributed by atoms with Crippen molar-refractivity contribution in [3.05, 3.63) is 41.7 Å².